The summed E-state index contributed by atoms with van der Waals surface area (Å²) >= 11 is 0. The van der Waals surface area contributed by atoms with E-state index in [1.807, 2.05) is 44.2 Å². The van der Waals surface area contributed by atoms with Crippen molar-refractivity contribution in [3.63, 3.8) is 0 Å². The van der Waals surface area contributed by atoms with Crippen molar-refractivity contribution in [2.45, 2.75) is 39.3 Å². The topological polar surface area (TPSA) is 74.8 Å². The van der Waals surface area contributed by atoms with Crippen LogP contribution in [0.1, 0.15) is 32.3 Å². The molecule has 0 aliphatic carbocycles. The van der Waals surface area contributed by atoms with Gasteiger partial charge in [-0.25, -0.2) is 8.42 Å². The Balaban J connectivity index is 1.98. The van der Waals surface area contributed by atoms with Crippen LogP contribution in [0.25, 0.3) is 0 Å². The molecule has 1 saturated heterocycles. The Bertz CT molecular complexity index is 703. The van der Waals surface area contributed by atoms with Crippen molar-refractivity contribution in [2.24, 2.45) is 0 Å². The Morgan fingerprint density at radius 1 is 1.08 bits per heavy atom. The van der Waals surface area contributed by atoms with E-state index in [1.54, 1.807) is 9.80 Å². The second-order valence-corrected chi connectivity index (χ2v) is 8.54. The van der Waals surface area contributed by atoms with Crippen molar-refractivity contribution >= 4 is 21.7 Å². The van der Waals surface area contributed by atoms with Crippen LogP contribution in [0.5, 0.6) is 0 Å². The molecule has 1 aromatic carbocycles. The summed E-state index contributed by atoms with van der Waals surface area (Å²) in [6, 6.07) is 9.33. The van der Waals surface area contributed by atoms with E-state index in [-0.39, 0.29) is 35.8 Å². The van der Waals surface area contributed by atoms with Gasteiger partial charge in [0.15, 0.2) is 9.84 Å². The van der Waals surface area contributed by atoms with Gasteiger partial charge in [-0.05, 0) is 25.8 Å². The van der Waals surface area contributed by atoms with E-state index >= 15 is 0 Å². The van der Waals surface area contributed by atoms with E-state index in [4.69, 9.17) is 0 Å². The average molecular weight is 366 g/mol. The quantitative estimate of drug-likeness (QED) is 0.685. The highest BCUT2D eigenvalue weighted by atomic mass is 32.2. The number of benzene rings is 1. The van der Waals surface area contributed by atoms with Crippen LogP contribution in [0.4, 0.5) is 0 Å². The highest BCUT2D eigenvalue weighted by Gasteiger charge is 2.34. The number of hydrogen-bond donors (Lipinski definition) is 0. The maximum absolute atomic E-state index is 12.5. The zero-order chi connectivity index (χ0) is 18.4. The molecule has 2 amide bonds. The van der Waals surface area contributed by atoms with Gasteiger partial charge in [-0.3, -0.25) is 9.59 Å². The Kier molecular flexibility index (Phi) is 6.58. The fraction of sp³-hybridized carbons (Fsp3) is 0.556. The van der Waals surface area contributed by atoms with E-state index in [0.717, 1.165) is 5.56 Å². The lowest BCUT2D eigenvalue weighted by atomic mass is 10.2. The first-order valence-corrected chi connectivity index (χ1v) is 10.5. The standard InChI is InChI=1S/C18H26N2O4S/c1-3-19(13-15-8-6-5-7-9-15)17(21)12-18(22)20(4-2)16-10-11-25(23,24)14-16/h5-9,16H,3-4,10-14H2,1-2H3. The van der Waals surface area contributed by atoms with Crippen LogP contribution in [0.15, 0.2) is 30.3 Å². The molecule has 25 heavy (non-hydrogen) atoms. The summed E-state index contributed by atoms with van der Waals surface area (Å²) in [4.78, 5) is 28.2. The molecule has 1 unspecified atom stereocenters. The fourth-order valence-electron chi connectivity index (χ4n) is 3.18. The third-order valence-corrected chi connectivity index (χ3v) is 6.31. The Hall–Kier alpha value is -1.89. The first kappa shape index (κ1) is 19.4. The molecule has 1 fully saturated rings. The van der Waals surface area contributed by atoms with Crippen LogP contribution in [0, 0.1) is 0 Å². The second-order valence-electron chi connectivity index (χ2n) is 6.31. The fourth-order valence-corrected chi connectivity index (χ4v) is 4.91. The first-order chi connectivity index (χ1) is 11.9. The lowest BCUT2D eigenvalue weighted by Crippen LogP contribution is -2.43. The first-order valence-electron chi connectivity index (χ1n) is 8.68. The molecule has 1 aromatic rings. The second kappa shape index (κ2) is 8.47. The van der Waals surface area contributed by atoms with Crippen molar-refractivity contribution in [1.82, 2.24) is 9.80 Å². The van der Waals surface area contributed by atoms with Gasteiger partial charge in [-0.2, -0.15) is 0 Å². The van der Waals surface area contributed by atoms with Crippen LogP contribution >= 0.6 is 0 Å². The van der Waals surface area contributed by atoms with E-state index < -0.39 is 9.84 Å². The minimum atomic E-state index is -3.06. The van der Waals surface area contributed by atoms with Crippen molar-refractivity contribution in [3.8, 4) is 0 Å². The van der Waals surface area contributed by atoms with Crippen molar-refractivity contribution in [2.75, 3.05) is 24.6 Å². The predicted octanol–water partition coefficient (Wildman–Crippen LogP) is 1.46. The van der Waals surface area contributed by atoms with E-state index in [0.29, 0.717) is 26.1 Å². The van der Waals surface area contributed by atoms with Crippen LogP contribution in [0.2, 0.25) is 0 Å². The maximum atomic E-state index is 12.5. The van der Waals surface area contributed by atoms with Crippen molar-refractivity contribution in [1.29, 1.82) is 0 Å². The molecule has 0 radical (unpaired) electrons. The normalized spacial score (nSPS) is 18.7. The average Bonchev–Trinajstić information content (AvgIpc) is 2.93. The number of carbonyl (C=O) groups excluding carboxylic acids is 2. The van der Waals surface area contributed by atoms with Gasteiger partial charge in [-0.15, -0.1) is 0 Å². The molecule has 1 aliphatic rings. The SMILES string of the molecule is CCN(Cc1ccccc1)C(=O)CC(=O)N(CC)C1CCS(=O)(=O)C1. The molecule has 1 aliphatic heterocycles. The van der Waals surface area contributed by atoms with Crippen molar-refractivity contribution < 1.29 is 18.0 Å². The van der Waals surface area contributed by atoms with Gasteiger partial charge >= 0.3 is 0 Å². The van der Waals surface area contributed by atoms with Gasteiger partial charge in [-0.1, -0.05) is 30.3 Å². The lowest BCUT2D eigenvalue weighted by Gasteiger charge is -2.28. The zero-order valence-electron chi connectivity index (χ0n) is 14.8. The van der Waals surface area contributed by atoms with Gasteiger partial charge in [0.05, 0.1) is 11.5 Å². The summed E-state index contributed by atoms with van der Waals surface area (Å²) in [6.45, 7) is 5.09. The molecular weight excluding hydrogens is 340 g/mol. The number of nitrogens with zero attached hydrogens (tertiary/aromatic N) is 2. The van der Waals surface area contributed by atoms with E-state index in [2.05, 4.69) is 0 Å². The molecule has 1 atom stereocenters. The van der Waals surface area contributed by atoms with Crippen LogP contribution in [-0.2, 0) is 26.0 Å². The van der Waals surface area contributed by atoms with Gasteiger partial charge in [0.1, 0.15) is 6.42 Å². The molecule has 138 valence electrons. The number of carbonyl (C=O) groups is 2. The molecule has 1 heterocycles. The summed E-state index contributed by atoms with van der Waals surface area (Å²) in [5.41, 5.74) is 1.01. The molecule has 6 nitrogen and oxygen atoms in total. The molecule has 2 rings (SSSR count). The molecule has 7 heteroatoms. The van der Waals surface area contributed by atoms with Gasteiger partial charge in [0.2, 0.25) is 11.8 Å². The Morgan fingerprint density at radius 3 is 2.28 bits per heavy atom. The molecule has 0 N–H and O–H groups in total. The molecule has 0 bridgehead atoms. The molecule has 0 aromatic heterocycles. The van der Waals surface area contributed by atoms with Crippen molar-refractivity contribution in [3.05, 3.63) is 35.9 Å². The third kappa shape index (κ3) is 5.29. The monoisotopic (exact) mass is 366 g/mol. The van der Waals surface area contributed by atoms with Crippen LogP contribution in [-0.4, -0.2) is 60.7 Å². The van der Waals surface area contributed by atoms with E-state index in [1.165, 1.54) is 0 Å². The smallest absolute Gasteiger partial charge is 0.232 e. The summed E-state index contributed by atoms with van der Waals surface area (Å²) in [7, 11) is -3.06. The number of rotatable bonds is 7. The minimum Gasteiger partial charge on any atom is -0.338 e. The number of amides is 2. The largest absolute Gasteiger partial charge is 0.338 e. The minimum absolute atomic E-state index is 0.00226. The summed E-state index contributed by atoms with van der Waals surface area (Å²) in [5.74, 6) is -0.399. The third-order valence-electron chi connectivity index (χ3n) is 4.56. The summed E-state index contributed by atoms with van der Waals surface area (Å²) in [6.07, 6.45) is 0.239. The summed E-state index contributed by atoms with van der Waals surface area (Å²) in [5, 5.41) is 0. The zero-order valence-corrected chi connectivity index (χ0v) is 15.7. The maximum Gasteiger partial charge on any atom is 0.232 e. The van der Waals surface area contributed by atoms with Gasteiger partial charge in [0.25, 0.3) is 0 Å². The predicted molar refractivity (Wildman–Crippen MR) is 96.6 cm³/mol. The number of sulfone groups is 1. The highest BCUT2D eigenvalue weighted by molar-refractivity contribution is 7.91. The van der Waals surface area contributed by atoms with Crippen LogP contribution < -0.4 is 0 Å². The lowest BCUT2D eigenvalue weighted by molar-refractivity contribution is -0.141. The molecule has 0 spiro atoms. The molecule has 0 saturated carbocycles. The van der Waals surface area contributed by atoms with E-state index in [9.17, 15) is 18.0 Å². The van der Waals surface area contributed by atoms with Crippen LogP contribution in [0.3, 0.4) is 0 Å². The van der Waals surface area contributed by atoms with Gasteiger partial charge < -0.3 is 9.80 Å². The number of hydrogen-bond acceptors (Lipinski definition) is 4. The molecular formula is C18H26N2O4S. The summed E-state index contributed by atoms with van der Waals surface area (Å²) < 4.78 is 23.3. The Morgan fingerprint density at radius 2 is 1.76 bits per heavy atom. The Labute approximate surface area is 149 Å². The highest BCUT2D eigenvalue weighted by Crippen LogP contribution is 2.19. The van der Waals surface area contributed by atoms with Gasteiger partial charge in [0, 0.05) is 25.7 Å².